The number of amides is 1. The first-order valence-electron chi connectivity index (χ1n) is 9.20. The van der Waals surface area contributed by atoms with Crippen LogP contribution in [0.15, 0.2) is 21.3 Å². The molecule has 0 aliphatic carbocycles. The molecule has 1 aliphatic heterocycles. The molecule has 2 N–H and O–H groups in total. The largest absolute Gasteiger partial charge is 0.427 e. The first-order chi connectivity index (χ1) is 12.5. The normalized spacial score (nSPS) is 16.0. The van der Waals surface area contributed by atoms with Crippen LogP contribution in [-0.2, 0) is 6.54 Å². The summed E-state index contributed by atoms with van der Waals surface area (Å²) in [6.45, 7) is 8.17. The number of piperidine rings is 1. The standard InChI is InChI=1S/C19H26N4O3.2ClH/c1-4-8-23-16(10-13(3)22-23)21-18(24)17-12(2)9-15(26-19(17)25)14-6-5-7-20-11-14;;/h9-10,14,20H,4-8,11H2,1-3H3,(H,21,24);2*1H. The first kappa shape index (κ1) is 24.2. The molecule has 28 heavy (non-hydrogen) atoms. The Kier molecular flexibility index (Phi) is 9.20. The van der Waals surface area contributed by atoms with E-state index in [-0.39, 0.29) is 36.3 Å². The topological polar surface area (TPSA) is 89.2 Å². The Morgan fingerprint density at radius 2 is 2.11 bits per heavy atom. The highest BCUT2D eigenvalue weighted by Crippen LogP contribution is 2.24. The third-order valence-electron chi connectivity index (χ3n) is 4.67. The summed E-state index contributed by atoms with van der Waals surface area (Å²) in [7, 11) is 0. The molecule has 9 heteroatoms. The van der Waals surface area contributed by atoms with Gasteiger partial charge in [0.05, 0.1) is 5.69 Å². The summed E-state index contributed by atoms with van der Waals surface area (Å²) in [6.07, 6.45) is 2.93. The molecule has 0 saturated carbocycles. The number of halogens is 2. The lowest BCUT2D eigenvalue weighted by atomic mass is 9.95. The molecule has 2 aromatic rings. The van der Waals surface area contributed by atoms with Crippen LogP contribution in [0.25, 0.3) is 0 Å². The molecule has 1 atom stereocenters. The van der Waals surface area contributed by atoms with Crippen molar-refractivity contribution in [2.24, 2.45) is 0 Å². The maximum absolute atomic E-state index is 12.7. The number of nitrogens with one attached hydrogen (secondary N) is 2. The van der Waals surface area contributed by atoms with Gasteiger partial charge in [-0.05, 0) is 51.3 Å². The summed E-state index contributed by atoms with van der Waals surface area (Å²) in [5, 5.41) is 10.5. The fourth-order valence-electron chi connectivity index (χ4n) is 3.41. The van der Waals surface area contributed by atoms with Crippen molar-refractivity contribution in [3.05, 3.63) is 45.1 Å². The van der Waals surface area contributed by atoms with E-state index in [0.717, 1.165) is 38.0 Å². The number of hydrogen-bond acceptors (Lipinski definition) is 5. The van der Waals surface area contributed by atoms with Crippen molar-refractivity contribution in [1.82, 2.24) is 15.1 Å². The first-order valence-corrected chi connectivity index (χ1v) is 9.20. The second kappa shape index (κ2) is 10.6. The van der Waals surface area contributed by atoms with Crippen LogP contribution >= 0.6 is 24.8 Å². The lowest BCUT2D eigenvalue weighted by molar-refractivity contribution is 0.102. The zero-order chi connectivity index (χ0) is 18.7. The molecule has 1 saturated heterocycles. The van der Waals surface area contributed by atoms with Gasteiger partial charge in [0.1, 0.15) is 17.1 Å². The average Bonchev–Trinajstić information content (AvgIpc) is 2.94. The Morgan fingerprint density at radius 3 is 2.71 bits per heavy atom. The summed E-state index contributed by atoms with van der Waals surface area (Å²) >= 11 is 0. The van der Waals surface area contributed by atoms with E-state index in [1.165, 1.54) is 0 Å². The number of carbonyl (C=O) groups is 1. The molecule has 0 radical (unpaired) electrons. The molecule has 0 spiro atoms. The van der Waals surface area contributed by atoms with Gasteiger partial charge in [-0.2, -0.15) is 5.10 Å². The van der Waals surface area contributed by atoms with E-state index in [9.17, 15) is 9.59 Å². The second-order valence-corrected chi connectivity index (χ2v) is 6.89. The van der Waals surface area contributed by atoms with Crippen LogP contribution < -0.4 is 16.3 Å². The molecular formula is C19H28Cl2N4O3. The Bertz CT molecular complexity index is 857. The molecule has 3 heterocycles. The third-order valence-corrected chi connectivity index (χ3v) is 4.67. The number of rotatable bonds is 5. The van der Waals surface area contributed by atoms with Gasteiger partial charge in [-0.15, -0.1) is 24.8 Å². The zero-order valence-corrected chi connectivity index (χ0v) is 18.0. The van der Waals surface area contributed by atoms with Crippen LogP contribution in [0.3, 0.4) is 0 Å². The van der Waals surface area contributed by atoms with Gasteiger partial charge in [-0.3, -0.25) is 4.79 Å². The van der Waals surface area contributed by atoms with Gasteiger partial charge < -0.3 is 15.1 Å². The quantitative estimate of drug-likeness (QED) is 0.757. The van der Waals surface area contributed by atoms with Crippen molar-refractivity contribution in [1.29, 1.82) is 0 Å². The summed E-state index contributed by atoms with van der Waals surface area (Å²) in [4.78, 5) is 25.2. The fraction of sp³-hybridized carbons (Fsp3) is 0.526. The van der Waals surface area contributed by atoms with Crippen molar-refractivity contribution < 1.29 is 9.21 Å². The van der Waals surface area contributed by atoms with Gasteiger partial charge in [-0.1, -0.05) is 6.92 Å². The number of aryl methyl sites for hydroxylation is 3. The highest BCUT2D eigenvalue weighted by atomic mass is 35.5. The van der Waals surface area contributed by atoms with E-state index in [1.807, 2.05) is 19.9 Å². The van der Waals surface area contributed by atoms with Crippen LogP contribution in [0.2, 0.25) is 0 Å². The maximum Gasteiger partial charge on any atom is 0.349 e. The van der Waals surface area contributed by atoms with Gasteiger partial charge in [0.25, 0.3) is 5.91 Å². The highest BCUT2D eigenvalue weighted by Gasteiger charge is 2.23. The minimum atomic E-state index is -0.582. The van der Waals surface area contributed by atoms with Gasteiger partial charge in [0, 0.05) is 25.1 Å². The number of nitrogens with zero attached hydrogens (tertiary/aromatic N) is 2. The summed E-state index contributed by atoms with van der Waals surface area (Å²) in [5.74, 6) is 0.972. The second-order valence-electron chi connectivity index (χ2n) is 6.89. The Hall–Kier alpha value is -1.83. The molecule has 1 amide bonds. The third kappa shape index (κ3) is 5.37. The SMILES string of the molecule is CCCn1nc(C)cc1NC(=O)c1c(C)cc(C2CCCNC2)oc1=O.Cl.Cl. The van der Waals surface area contributed by atoms with Crippen LogP contribution in [0.5, 0.6) is 0 Å². The van der Waals surface area contributed by atoms with E-state index in [2.05, 4.69) is 15.7 Å². The highest BCUT2D eigenvalue weighted by molar-refractivity contribution is 6.04. The van der Waals surface area contributed by atoms with Crippen LogP contribution in [0.1, 0.15) is 59.5 Å². The van der Waals surface area contributed by atoms with Gasteiger partial charge in [-0.25, -0.2) is 9.48 Å². The predicted octanol–water partition coefficient (Wildman–Crippen LogP) is 3.43. The minimum Gasteiger partial charge on any atom is -0.427 e. The lowest BCUT2D eigenvalue weighted by Gasteiger charge is -2.22. The van der Waals surface area contributed by atoms with E-state index in [1.54, 1.807) is 17.7 Å². The predicted molar refractivity (Wildman–Crippen MR) is 114 cm³/mol. The van der Waals surface area contributed by atoms with Crippen molar-refractivity contribution in [2.75, 3.05) is 18.4 Å². The molecule has 0 bridgehead atoms. The summed E-state index contributed by atoms with van der Waals surface area (Å²) in [5.41, 5.74) is 0.927. The van der Waals surface area contributed by atoms with Crippen LogP contribution in [0.4, 0.5) is 5.82 Å². The number of anilines is 1. The molecule has 1 aliphatic rings. The maximum atomic E-state index is 12.7. The molecule has 1 fully saturated rings. The van der Waals surface area contributed by atoms with Gasteiger partial charge in [0.15, 0.2) is 0 Å². The molecule has 2 aromatic heterocycles. The van der Waals surface area contributed by atoms with E-state index in [4.69, 9.17) is 4.42 Å². The summed E-state index contributed by atoms with van der Waals surface area (Å²) in [6, 6.07) is 3.62. The number of hydrogen-bond donors (Lipinski definition) is 2. The Labute approximate surface area is 177 Å². The minimum absolute atomic E-state index is 0. The van der Waals surface area contributed by atoms with Crippen molar-refractivity contribution in [3.63, 3.8) is 0 Å². The summed E-state index contributed by atoms with van der Waals surface area (Å²) < 4.78 is 7.23. The van der Waals surface area contributed by atoms with E-state index in [0.29, 0.717) is 23.7 Å². The van der Waals surface area contributed by atoms with Crippen molar-refractivity contribution in [2.45, 2.75) is 52.5 Å². The molecule has 0 aromatic carbocycles. The fourth-order valence-corrected chi connectivity index (χ4v) is 3.41. The van der Waals surface area contributed by atoms with Crippen LogP contribution in [0, 0.1) is 13.8 Å². The molecule has 156 valence electrons. The van der Waals surface area contributed by atoms with E-state index < -0.39 is 11.5 Å². The zero-order valence-electron chi connectivity index (χ0n) is 16.4. The molecule has 7 nitrogen and oxygen atoms in total. The van der Waals surface area contributed by atoms with Crippen molar-refractivity contribution in [3.8, 4) is 0 Å². The number of carbonyl (C=O) groups excluding carboxylic acids is 1. The Morgan fingerprint density at radius 1 is 1.36 bits per heavy atom. The number of aromatic nitrogens is 2. The molecule has 1 unspecified atom stereocenters. The van der Waals surface area contributed by atoms with E-state index >= 15 is 0 Å². The van der Waals surface area contributed by atoms with Crippen LogP contribution in [-0.4, -0.2) is 28.8 Å². The smallest absolute Gasteiger partial charge is 0.349 e. The molecular weight excluding hydrogens is 403 g/mol. The van der Waals surface area contributed by atoms with Gasteiger partial charge in [0.2, 0.25) is 0 Å². The van der Waals surface area contributed by atoms with Gasteiger partial charge >= 0.3 is 5.63 Å². The monoisotopic (exact) mass is 430 g/mol. The molecule has 3 rings (SSSR count). The average molecular weight is 431 g/mol. The lowest BCUT2D eigenvalue weighted by Crippen LogP contribution is -2.30. The van der Waals surface area contributed by atoms with Crippen molar-refractivity contribution >= 4 is 36.5 Å². The Balaban J connectivity index is 0.00000196.